The summed E-state index contributed by atoms with van der Waals surface area (Å²) in [6.45, 7) is 6.33. The normalized spacial score (nSPS) is 12.6. The van der Waals surface area contributed by atoms with Crippen LogP contribution in [0, 0.1) is 24.1 Å². The molecule has 0 aliphatic carbocycles. The van der Waals surface area contributed by atoms with Gasteiger partial charge in [0.1, 0.15) is 17.5 Å². The van der Waals surface area contributed by atoms with E-state index in [1.165, 1.54) is 12.1 Å². The molecule has 1 heterocycles. The molecule has 3 rings (SSSR count). The zero-order valence-electron chi connectivity index (χ0n) is 16.9. The zero-order chi connectivity index (χ0) is 21.0. The molecule has 1 N–H and O–H groups in total. The van der Waals surface area contributed by atoms with Crippen LogP contribution in [-0.2, 0) is 11.3 Å². The Hall–Kier alpha value is -3.39. The molecule has 0 saturated heterocycles. The maximum Gasteiger partial charge on any atom is 0.262 e. The lowest BCUT2D eigenvalue weighted by Gasteiger charge is -2.10. The third-order valence-corrected chi connectivity index (χ3v) is 5.15. The fraction of sp³-hybridized carbons (Fsp3) is 0.250. The molecule has 1 atom stereocenters. The summed E-state index contributed by atoms with van der Waals surface area (Å²) in [7, 11) is 0. The third-order valence-electron chi connectivity index (χ3n) is 5.15. The van der Waals surface area contributed by atoms with E-state index in [-0.39, 0.29) is 23.3 Å². The molecule has 0 aliphatic heterocycles. The number of rotatable bonds is 6. The highest BCUT2D eigenvalue weighted by Crippen LogP contribution is 2.29. The van der Waals surface area contributed by atoms with Gasteiger partial charge in [0.05, 0.1) is 0 Å². The average Bonchev–Trinajstić information content (AvgIpc) is 2.97. The van der Waals surface area contributed by atoms with E-state index >= 15 is 0 Å². The minimum atomic E-state index is -0.372. The summed E-state index contributed by atoms with van der Waals surface area (Å²) in [5.74, 6) is -0.645. The van der Waals surface area contributed by atoms with E-state index in [1.54, 1.807) is 12.1 Å². The van der Waals surface area contributed by atoms with Gasteiger partial charge in [0, 0.05) is 34.7 Å². The SMILES string of the molecule is CC[C@@H](C)NC(=O)/C(C#N)=C/c1c(C)n(Cc2cccc(F)c2)c2ccccc12. The fourth-order valence-corrected chi connectivity index (χ4v) is 3.36. The van der Waals surface area contributed by atoms with Crippen LogP contribution in [0.1, 0.15) is 37.1 Å². The van der Waals surface area contributed by atoms with Crippen LogP contribution in [-0.4, -0.2) is 16.5 Å². The summed E-state index contributed by atoms with van der Waals surface area (Å²) in [5.41, 5.74) is 3.63. The first-order valence-corrected chi connectivity index (χ1v) is 9.69. The summed E-state index contributed by atoms with van der Waals surface area (Å²) < 4.78 is 15.7. The molecule has 5 heteroatoms. The van der Waals surface area contributed by atoms with Crippen molar-refractivity contribution in [2.75, 3.05) is 0 Å². The Kier molecular flexibility index (Phi) is 6.13. The number of para-hydroxylation sites is 1. The summed E-state index contributed by atoms with van der Waals surface area (Å²) in [6, 6.07) is 16.4. The number of benzene rings is 2. The third kappa shape index (κ3) is 4.38. The molecule has 0 aliphatic rings. The largest absolute Gasteiger partial charge is 0.349 e. The van der Waals surface area contributed by atoms with Crippen LogP contribution in [0.25, 0.3) is 17.0 Å². The fourth-order valence-electron chi connectivity index (χ4n) is 3.36. The maximum atomic E-state index is 13.6. The van der Waals surface area contributed by atoms with Gasteiger partial charge in [-0.05, 0) is 50.1 Å². The number of nitrogens with zero attached hydrogens (tertiary/aromatic N) is 2. The van der Waals surface area contributed by atoms with Crippen molar-refractivity contribution in [1.29, 1.82) is 5.26 Å². The lowest BCUT2D eigenvalue weighted by molar-refractivity contribution is -0.117. The van der Waals surface area contributed by atoms with Crippen LogP contribution < -0.4 is 5.32 Å². The summed E-state index contributed by atoms with van der Waals surface area (Å²) in [4.78, 5) is 12.5. The first kappa shape index (κ1) is 20.3. The van der Waals surface area contributed by atoms with E-state index in [2.05, 4.69) is 9.88 Å². The van der Waals surface area contributed by atoms with Crippen molar-refractivity contribution in [3.63, 3.8) is 0 Å². The van der Waals surface area contributed by atoms with E-state index in [1.807, 2.05) is 57.2 Å². The number of fused-ring (bicyclic) bond motifs is 1. The lowest BCUT2D eigenvalue weighted by atomic mass is 10.1. The van der Waals surface area contributed by atoms with Gasteiger partial charge in [0.2, 0.25) is 0 Å². The molecule has 0 unspecified atom stereocenters. The topological polar surface area (TPSA) is 57.8 Å². The molecule has 4 nitrogen and oxygen atoms in total. The van der Waals surface area contributed by atoms with Crippen LogP contribution in [0.3, 0.4) is 0 Å². The summed E-state index contributed by atoms with van der Waals surface area (Å²) in [5, 5.41) is 13.3. The predicted molar refractivity (Wildman–Crippen MR) is 114 cm³/mol. The van der Waals surface area contributed by atoms with E-state index in [0.29, 0.717) is 6.54 Å². The molecule has 1 amide bonds. The number of amides is 1. The Morgan fingerprint density at radius 3 is 2.72 bits per heavy atom. The Morgan fingerprint density at radius 1 is 1.28 bits per heavy atom. The first-order valence-electron chi connectivity index (χ1n) is 9.69. The Balaban J connectivity index is 2.08. The van der Waals surface area contributed by atoms with Crippen molar-refractivity contribution in [2.45, 2.75) is 39.8 Å². The van der Waals surface area contributed by atoms with Gasteiger partial charge in [-0.25, -0.2) is 4.39 Å². The van der Waals surface area contributed by atoms with Crippen LogP contribution >= 0.6 is 0 Å². The number of carbonyl (C=O) groups excluding carboxylic acids is 1. The standard InChI is InChI=1S/C24H24FN3O/c1-4-16(2)27-24(29)19(14-26)13-22-17(3)28(23-11-6-5-10-21(22)23)15-18-8-7-9-20(25)12-18/h5-13,16H,4,15H2,1-3H3,(H,27,29)/b19-13+/t16-/m1/s1. The van der Waals surface area contributed by atoms with E-state index in [0.717, 1.165) is 34.1 Å². The molecule has 0 bridgehead atoms. The van der Waals surface area contributed by atoms with Gasteiger partial charge in [-0.1, -0.05) is 37.3 Å². The van der Waals surface area contributed by atoms with Crippen LogP contribution in [0.4, 0.5) is 4.39 Å². The Bertz CT molecular complexity index is 1120. The summed E-state index contributed by atoms with van der Waals surface area (Å²) in [6.07, 6.45) is 2.44. The maximum absolute atomic E-state index is 13.6. The van der Waals surface area contributed by atoms with E-state index in [9.17, 15) is 14.4 Å². The molecular formula is C24H24FN3O. The molecule has 1 aromatic heterocycles. The second kappa shape index (κ2) is 8.74. The Morgan fingerprint density at radius 2 is 2.03 bits per heavy atom. The van der Waals surface area contributed by atoms with Crippen molar-refractivity contribution < 1.29 is 9.18 Å². The van der Waals surface area contributed by atoms with Crippen LogP contribution in [0.15, 0.2) is 54.1 Å². The second-order valence-corrected chi connectivity index (χ2v) is 7.18. The van der Waals surface area contributed by atoms with Crippen molar-refractivity contribution in [3.8, 4) is 6.07 Å². The van der Waals surface area contributed by atoms with Crippen LogP contribution in [0.5, 0.6) is 0 Å². The molecular weight excluding hydrogens is 365 g/mol. The van der Waals surface area contributed by atoms with Crippen molar-refractivity contribution in [2.24, 2.45) is 0 Å². The molecule has 3 aromatic rings. The highest BCUT2D eigenvalue weighted by Gasteiger charge is 2.17. The minimum Gasteiger partial charge on any atom is -0.349 e. The van der Waals surface area contributed by atoms with Crippen molar-refractivity contribution in [1.82, 2.24) is 9.88 Å². The number of nitrogens with one attached hydrogen (secondary N) is 1. The number of aromatic nitrogens is 1. The number of nitriles is 1. The van der Waals surface area contributed by atoms with Crippen molar-refractivity contribution in [3.05, 3.63) is 76.7 Å². The molecule has 2 aromatic carbocycles. The van der Waals surface area contributed by atoms with Gasteiger partial charge >= 0.3 is 0 Å². The zero-order valence-corrected chi connectivity index (χ0v) is 16.9. The number of carbonyl (C=O) groups is 1. The van der Waals surface area contributed by atoms with E-state index < -0.39 is 0 Å². The minimum absolute atomic E-state index is 0.00494. The number of hydrogen-bond donors (Lipinski definition) is 1. The van der Waals surface area contributed by atoms with Gasteiger partial charge in [0.15, 0.2) is 0 Å². The summed E-state index contributed by atoms with van der Waals surface area (Å²) >= 11 is 0. The smallest absolute Gasteiger partial charge is 0.262 e. The predicted octanol–water partition coefficient (Wildman–Crippen LogP) is 4.96. The monoisotopic (exact) mass is 389 g/mol. The van der Waals surface area contributed by atoms with Gasteiger partial charge in [-0.3, -0.25) is 4.79 Å². The average molecular weight is 389 g/mol. The van der Waals surface area contributed by atoms with Gasteiger partial charge in [0.25, 0.3) is 5.91 Å². The van der Waals surface area contributed by atoms with Gasteiger partial charge in [-0.15, -0.1) is 0 Å². The molecule has 0 radical (unpaired) electrons. The lowest BCUT2D eigenvalue weighted by Crippen LogP contribution is -2.32. The van der Waals surface area contributed by atoms with Crippen molar-refractivity contribution >= 4 is 22.9 Å². The highest BCUT2D eigenvalue weighted by molar-refractivity contribution is 6.04. The molecule has 0 fully saturated rings. The molecule has 0 spiro atoms. The van der Waals surface area contributed by atoms with E-state index in [4.69, 9.17) is 0 Å². The van der Waals surface area contributed by atoms with Crippen LogP contribution in [0.2, 0.25) is 0 Å². The quantitative estimate of drug-likeness (QED) is 0.479. The number of halogens is 1. The first-order chi connectivity index (χ1) is 13.9. The molecule has 0 saturated carbocycles. The Labute approximate surface area is 170 Å². The highest BCUT2D eigenvalue weighted by atomic mass is 19.1. The molecule has 29 heavy (non-hydrogen) atoms. The number of hydrogen-bond acceptors (Lipinski definition) is 2. The van der Waals surface area contributed by atoms with Gasteiger partial charge < -0.3 is 9.88 Å². The van der Waals surface area contributed by atoms with Gasteiger partial charge in [-0.2, -0.15) is 5.26 Å². The molecule has 148 valence electrons. The second-order valence-electron chi connectivity index (χ2n) is 7.18.